The molecule has 130 valence electrons. The van der Waals surface area contributed by atoms with Gasteiger partial charge in [0.25, 0.3) is 0 Å². The number of Topliss-reactive ketones (excluding diaryl/α,β-unsaturated/α-hetero) is 1. The van der Waals surface area contributed by atoms with Crippen molar-refractivity contribution in [3.8, 4) is 6.07 Å². The molecule has 5 heteroatoms. The maximum absolute atomic E-state index is 11.7. The van der Waals surface area contributed by atoms with Crippen LogP contribution in [0.4, 0.5) is 5.69 Å². The number of carbonyl (C=O) groups excluding carboxylic acids is 1. The van der Waals surface area contributed by atoms with Gasteiger partial charge in [-0.3, -0.25) is 4.79 Å². The predicted molar refractivity (Wildman–Crippen MR) is 99.4 cm³/mol. The Bertz CT molecular complexity index is 975. The van der Waals surface area contributed by atoms with Gasteiger partial charge >= 0.3 is 0 Å². The number of oxazole rings is 1. The molecule has 0 atom stereocenters. The number of benzene rings is 2. The fourth-order valence-corrected chi connectivity index (χ4v) is 3.54. The van der Waals surface area contributed by atoms with Crippen LogP contribution in [0.1, 0.15) is 47.5 Å². The van der Waals surface area contributed by atoms with Crippen LogP contribution in [0.25, 0.3) is 11.1 Å². The van der Waals surface area contributed by atoms with Gasteiger partial charge < -0.3 is 9.32 Å². The second-order valence-electron chi connectivity index (χ2n) is 6.68. The van der Waals surface area contributed by atoms with E-state index in [1.807, 2.05) is 30.3 Å². The number of rotatable bonds is 3. The number of carbonyl (C=O) groups is 1. The molecule has 1 saturated heterocycles. The van der Waals surface area contributed by atoms with Crippen LogP contribution in [0.2, 0.25) is 0 Å². The van der Waals surface area contributed by atoms with Gasteiger partial charge in [-0.15, -0.1) is 0 Å². The Hall–Kier alpha value is -3.13. The predicted octanol–water partition coefficient (Wildman–Crippen LogP) is 4.29. The monoisotopic (exact) mass is 345 g/mol. The average molecular weight is 345 g/mol. The van der Waals surface area contributed by atoms with E-state index in [1.54, 1.807) is 19.1 Å². The van der Waals surface area contributed by atoms with Crippen LogP contribution in [0.3, 0.4) is 0 Å². The summed E-state index contributed by atoms with van der Waals surface area (Å²) in [4.78, 5) is 18.5. The Morgan fingerprint density at radius 3 is 2.69 bits per heavy atom. The molecule has 0 unspecified atom stereocenters. The second kappa shape index (κ2) is 6.64. The van der Waals surface area contributed by atoms with E-state index in [0.29, 0.717) is 11.1 Å². The van der Waals surface area contributed by atoms with E-state index in [9.17, 15) is 10.1 Å². The fourth-order valence-electron chi connectivity index (χ4n) is 3.54. The molecule has 5 nitrogen and oxygen atoms in total. The number of piperidine rings is 1. The first-order chi connectivity index (χ1) is 12.7. The zero-order valence-electron chi connectivity index (χ0n) is 14.6. The highest BCUT2D eigenvalue weighted by Crippen LogP contribution is 2.33. The van der Waals surface area contributed by atoms with E-state index in [4.69, 9.17) is 4.42 Å². The highest BCUT2D eigenvalue weighted by atomic mass is 16.3. The van der Waals surface area contributed by atoms with Gasteiger partial charge in [-0.25, -0.2) is 4.98 Å². The molecule has 0 amide bonds. The highest BCUT2D eigenvalue weighted by Gasteiger charge is 2.26. The van der Waals surface area contributed by atoms with Crippen molar-refractivity contribution in [2.24, 2.45) is 0 Å². The van der Waals surface area contributed by atoms with Crippen LogP contribution in [0, 0.1) is 11.3 Å². The minimum absolute atomic E-state index is 0.0112. The van der Waals surface area contributed by atoms with Crippen LogP contribution >= 0.6 is 0 Å². The number of para-hydroxylation sites is 2. The molecule has 0 saturated carbocycles. The minimum Gasteiger partial charge on any atom is -0.440 e. The molecule has 0 bridgehead atoms. The first-order valence-electron chi connectivity index (χ1n) is 8.81. The zero-order chi connectivity index (χ0) is 18.1. The summed E-state index contributed by atoms with van der Waals surface area (Å²) in [6.07, 6.45) is 1.81. The lowest BCUT2D eigenvalue weighted by Gasteiger charge is -2.33. The maximum atomic E-state index is 11.7. The SMILES string of the molecule is CC(=O)c1ccc(C#N)c(N2CCC(c3nc4ccccc4o3)CC2)c1. The van der Waals surface area contributed by atoms with Gasteiger partial charge in [0, 0.05) is 24.6 Å². The van der Waals surface area contributed by atoms with Crippen molar-refractivity contribution in [3.63, 3.8) is 0 Å². The fraction of sp³-hybridized carbons (Fsp3) is 0.286. The summed E-state index contributed by atoms with van der Waals surface area (Å²) in [5, 5.41) is 9.40. The van der Waals surface area contributed by atoms with Crippen molar-refractivity contribution in [3.05, 3.63) is 59.5 Å². The van der Waals surface area contributed by atoms with Crippen molar-refractivity contribution < 1.29 is 9.21 Å². The summed E-state index contributed by atoms with van der Waals surface area (Å²) < 4.78 is 5.92. The molecular weight excluding hydrogens is 326 g/mol. The Morgan fingerprint density at radius 2 is 2.00 bits per heavy atom. The van der Waals surface area contributed by atoms with Gasteiger partial charge in [-0.1, -0.05) is 12.1 Å². The van der Waals surface area contributed by atoms with Crippen molar-refractivity contribution >= 4 is 22.6 Å². The van der Waals surface area contributed by atoms with E-state index >= 15 is 0 Å². The molecule has 0 radical (unpaired) electrons. The third kappa shape index (κ3) is 2.95. The molecule has 2 heterocycles. The van der Waals surface area contributed by atoms with Crippen LogP contribution in [0.15, 0.2) is 46.9 Å². The van der Waals surface area contributed by atoms with E-state index < -0.39 is 0 Å². The van der Waals surface area contributed by atoms with Gasteiger partial charge in [-0.05, 0) is 50.1 Å². The van der Waals surface area contributed by atoms with E-state index in [0.717, 1.165) is 48.6 Å². The zero-order valence-corrected chi connectivity index (χ0v) is 14.6. The number of anilines is 1. The molecule has 4 rings (SSSR count). The van der Waals surface area contributed by atoms with Crippen molar-refractivity contribution in [1.82, 2.24) is 4.98 Å². The van der Waals surface area contributed by atoms with E-state index in [1.165, 1.54) is 0 Å². The van der Waals surface area contributed by atoms with Crippen LogP contribution in [0.5, 0.6) is 0 Å². The normalized spacial score (nSPS) is 15.2. The Morgan fingerprint density at radius 1 is 1.23 bits per heavy atom. The quantitative estimate of drug-likeness (QED) is 0.662. The number of ketones is 1. The molecule has 0 N–H and O–H groups in total. The maximum Gasteiger partial charge on any atom is 0.198 e. The van der Waals surface area contributed by atoms with Crippen molar-refractivity contribution in [1.29, 1.82) is 5.26 Å². The molecular formula is C21H19N3O2. The first kappa shape index (κ1) is 16.3. The van der Waals surface area contributed by atoms with Gasteiger partial charge in [-0.2, -0.15) is 5.26 Å². The Labute approximate surface area is 151 Å². The molecule has 1 aliphatic rings. The van der Waals surface area contributed by atoms with Gasteiger partial charge in [0.1, 0.15) is 11.6 Å². The van der Waals surface area contributed by atoms with E-state index in [-0.39, 0.29) is 11.7 Å². The third-order valence-electron chi connectivity index (χ3n) is 5.02. The summed E-state index contributed by atoms with van der Waals surface area (Å²) in [7, 11) is 0. The number of aromatic nitrogens is 1. The largest absolute Gasteiger partial charge is 0.440 e. The minimum atomic E-state index is 0.0112. The molecule has 3 aromatic rings. The number of hydrogen-bond donors (Lipinski definition) is 0. The molecule has 1 aromatic heterocycles. The van der Waals surface area contributed by atoms with E-state index in [2.05, 4.69) is 16.0 Å². The van der Waals surface area contributed by atoms with Crippen LogP contribution in [-0.2, 0) is 0 Å². The topological polar surface area (TPSA) is 70.1 Å². The van der Waals surface area contributed by atoms with Crippen molar-refractivity contribution in [2.75, 3.05) is 18.0 Å². The highest BCUT2D eigenvalue weighted by molar-refractivity contribution is 5.95. The lowest BCUT2D eigenvalue weighted by Crippen LogP contribution is -2.33. The molecule has 0 aliphatic carbocycles. The van der Waals surface area contributed by atoms with Gasteiger partial charge in [0.05, 0.1) is 11.3 Å². The summed E-state index contributed by atoms with van der Waals surface area (Å²) >= 11 is 0. The van der Waals surface area contributed by atoms with Gasteiger partial charge in [0.2, 0.25) is 0 Å². The second-order valence-corrected chi connectivity index (χ2v) is 6.68. The smallest absolute Gasteiger partial charge is 0.198 e. The number of nitriles is 1. The number of fused-ring (bicyclic) bond motifs is 1. The number of nitrogens with zero attached hydrogens (tertiary/aromatic N) is 3. The molecule has 0 spiro atoms. The summed E-state index contributed by atoms with van der Waals surface area (Å²) in [6, 6.07) is 15.3. The lowest BCUT2D eigenvalue weighted by molar-refractivity contribution is 0.101. The molecule has 26 heavy (non-hydrogen) atoms. The Balaban J connectivity index is 1.54. The molecule has 2 aromatic carbocycles. The summed E-state index contributed by atoms with van der Waals surface area (Å²) in [5.74, 6) is 1.08. The van der Waals surface area contributed by atoms with Crippen LogP contribution < -0.4 is 4.90 Å². The Kier molecular flexibility index (Phi) is 4.18. The van der Waals surface area contributed by atoms with Gasteiger partial charge in [0.15, 0.2) is 17.3 Å². The van der Waals surface area contributed by atoms with Crippen molar-refractivity contribution in [2.45, 2.75) is 25.7 Å². The standard InChI is InChI=1S/C21H19N3O2/c1-14(25)16-6-7-17(13-22)19(12-16)24-10-8-15(9-11-24)21-23-18-4-2-3-5-20(18)26-21/h2-7,12,15H,8-11H2,1H3. The number of hydrogen-bond acceptors (Lipinski definition) is 5. The van der Waals surface area contributed by atoms with Crippen LogP contribution in [-0.4, -0.2) is 23.9 Å². The third-order valence-corrected chi connectivity index (χ3v) is 5.02. The lowest BCUT2D eigenvalue weighted by atomic mass is 9.95. The molecule has 1 fully saturated rings. The first-order valence-corrected chi connectivity index (χ1v) is 8.81. The average Bonchev–Trinajstić information content (AvgIpc) is 3.12. The molecule has 1 aliphatic heterocycles. The summed E-state index contributed by atoms with van der Waals surface area (Å²) in [6.45, 7) is 3.16. The summed E-state index contributed by atoms with van der Waals surface area (Å²) in [5.41, 5.74) is 3.81.